The van der Waals surface area contributed by atoms with E-state index in [2.05, 4.69) is 25.1 Å². The molecule has 6 heteroatoms. The predicted molar refractivity (Wildman–Crippen MR) is 130 cm³/mol. The summed E-state index contributed by atoms with van der Waals surface area (Å²) in [6.07, 6.45) is 1.61. The van der Waals surface area contributed by atoms with Crippen LogP contribution >= 0.6 is 11.6 Å². The van der Waals surface area contributed by atoms with Crippen molar-refractivity contribution in [1.82, 2.24) is 4.90 Å². The molecule has 1 N–H and O–H groups in total. The second-order valence-corrected chi connectivity index (χ2v) is 9.49. The lowest BCUT2D eigenvalue weighted by Gasteiger charge is -2.38. The van der Waals surface area contributed by atoms with Gasteiger partial charge in [0, 0.05) is 23.0 Å². The minimum Gasteiger partial charge on any atom is -0.482 e. The molecule has 5 nitrogen and oxygen atoms in total. The van der Waals surface area contributed by atoms with Crippen molar-refractivity contribution < 1.29 is 19.4 Å². The summed E-state index contributed by atoms with van der Waals surface area (Å²) in [7, 11) is 0. The number of aryl methyl sites for hydroxylation is 1. The highest BCUT2D eigenvalue weighted by molar-refractivity contribution is 6.30. The zero-order chi connectivity index (χ0) is 23.8. The number of carboxylic acid groups (broad SMARTS) is 1. The Morgan fingerprint density at radius 2 is 1.76 bits per heavy atom. The molecule has 0 radical (unpaired) electrons. The molecule has 1 saturated carbocycles. The molecule has 1 heterocycles. The number of benzene rings is 3. The zero-order valence-electron chi connectivity index (χ0n) is 18.9. The quantitative estimate of drug-likeness (QED) is 0.519. The maximum absolute atomic E-state index is 13.9. The average Bonchev–Trinajstić information content (AvgIpc) is 3.63. The summed E-state index contributed by atoms with van der Waals surface area (Å²) in [4.78, 5) is 27.0. The Balaban J connectivity index is 1.52. The third-order valence-electron chi connectivity index (χ3n) is 6.88. The first-order chi connectivity index (χ1) is 16.4. The number of aliphatic carboxylic acids is 1. The number of nitrogens with zero attached hydrogens (tertiary/aromatic N) is 1. The molecule has 3 aromatic rings. The van der Waals surface area contributed by atoms with Crippen LogP contribution in [0.25, 0.3) is 0 Å². The van der Waals surface area contributed by atoms with Gasteiger partial charge in [-0.3, -0.25) is 4.79 Å². The van der Waals surface area contributed by atoms with E-state index in [1.807, 2.05) is 35.2 Å². The van der Waals surface area contributed by atoms with E-state index >= 15 is 0 Å². The van der Waals surface area contributed by atoms with E-state index in [0.29, 0.717) is 22.9 Å². The van der Waals surface area contributed by atoms with Crippen LogP contribution in [0.5, 0.6) is 5.75 Å². The molecule has 1 amide bonds. The number of fused-ring (bicyclic) bond motifs is 1. The smallest absolute Gasteiger partial charge is 0.341 e. The van der Waals surface area contributed by atoms with Gasteiger partial charge in [0.2, 0.25) is 5.91 Å². The van der Waals surface area contributed by atoms with Crippen molar-refractivity contribution in [3.8, 4) is 5.75 Å². The highest BCUT2D eigenvalue weighted by Gasteiger charge is 2.48. The van der Waals surface area contributed by atoms with Crippen LogP contribution in [0.1, 0.15) is 46.2 Å². The number of carbonyl (C=O) groups excluding carboxylic acids is 1. The molecule has 0 unspecified atom stereocenters. The molecular formula is C28H26ClNO4. The van der Waals surface area contributed by atoms with Crippen LogP contribution in [0.4, 0.5) is 0 Å². The van der Waals surface area contributed by atoms with Crippen LogP contribution in [0.15, 0.2) is 66.7 Å². The zero-order valence-corrected chi connectivity index (χ0v) is 19.7. The normalized spacial score (nSPS) is 21.0. The molecule has 1 aliphatic carbocycles. The number of hydrogen-bond donors (Lipinski definition) is 1. The Bertz CT molecular complexity index is 1260. The van der Waals surface area contributed by atoms with Crippen LogP contribution < -0.4 is 4.74 Å². The van der Waals surface area contributed by atoms with Gasteiger partial charge in [-0.1, -0.05) is 60.1 Å². The van der Waals surface area contributed by atoms with Crippen molar-refractivity contribution in [2.45, 2.75) is 31.7 Å². The average molecular weight is 476 g/mol. The van der Waals surface area contributed by atoms with Gasteiger partial charge in [0.15, 0.2) is 6.61 Å². The Kier molecular flexibility index (Phi) is 6.05. The monoisotopic (exact) mass is 475 g/mol. The summed E-state index contributed by atoms with van der Waals surface area (Å²) >= 11 is 6.37. The second kappa shape index (κ2) is 9.15. The molecule has 0 bridgehead atoms. The molecule has 0 spiro atoms. The summed E-state index contributed by atoms with van der Waals surface area (Å²) in [6.45, 7) is 2.21. The number of hydrogen-bond acceptors (Lipinski definition) is 3. The topological polar surface area (TPSA) is 66.8 Å². The molecule has 3 aromatic carbocycles. The fourth-order valence-corrected chi connectivity index (χ4v) is 5.35. The molecule has 2 aliphatic rings. The summed E-state index contributed by atoms with van der Waals surface area (Å²) < 4.78 is 5.64. The van der Waals surface area contributed by atoms with E-state index in [9.17, 15) is 9.59 Å². The fraction of sp³-hybridized carbons (Fsp3) is 0.286. The van der Waals surface area contributed by atoms with Crippen molar-refractivity contribution in [3.05, 3.63) is 99.6 Å². The minimum atomic E-state index is -1.06. The first-order valence-corrected chi connectivity index (χ1v) is 11.9. The molecule has 34 heavy (non-hydrogen) atoms. The van der Waals surface area contributed by atoms with Crippen LogP contribution in [-0.4, -0.2) is 35.0 Å². The number of carbonyl (C=O) groups is 2. The van der Waals surface area contributed by atoms with Crippen molar-refractivity contribution >= 4 is 23.5 Å². The van der Waals surface area contributed by atoms with E-state index in [1.165, 1.54) is 16.7 Å². The molecule has 1 aliphatic heterocycles. The maximum Gasteiger partial charge on any atom is 0.341 e. The first-order valence-electron chi connectivity index (χ1n) is 11.5. The lowest BCUT2D eigenvalue weighted by atomic mass is 9.87. The van der Waals surface area contributed by atoms with Crippen molar-refractivity contribution in [1.29, 1.82) is 0 Å². The van der Waals surface area contributed by atoms with Crippen molar-refractivity contribution in [2.75, 3.05) is 13.2 Å². The number of ether oxygens (including phenoxy) is 1. The van der Waals surface area contributed by atoms with Crippen molar-refractivity contribution in [3.63, 3.8) is 0 Å². The summed E-state index contributed by atoms with van der Waals surface area (Å²) in [6, 6.07) is 21.1. The van der Waals surface area contributed by atoms with E-state index in [0.717, 1.165) is 18.4 Å². The van der Waals surface area contributed by atoms with Gasteiger partial charge in [-0.05, 0) is 66.1 Å². The SMILES string of the molecule is Cc1ccccc1[C@H]1C[C@@H]1C(=O)N1CCc2ccccc2[C@H]1c1cc(Cl)ccc1OCC(=O)O. The number of carboxylic acids is 1. The lowest BCUT2D eigenvalue weighted by Crippen LogP contribution is -2.41. The Morgan fingerprint density at radius 1 is 1.03 bits per heavy atom. The summed E-state index contributed by atoms with van der Waals surface area (Å²) in [5.74, 6) is -0.337. The Hall–Kier alpha value is -3.31. The minimum absolute atomic E-state index is 0.0589. The lowest BCUT2D eigenvalue weighted by molar-refractivity contribution is -0.139. The standard InChI is InChI=1S/C28H26ClNO4/c1-17-6-2-4-8-20(17)22-15-23(22)28(33)30-13-12-18-7-3-5-9-21(18)27(30)24-14-19(29)10-11-25(24)34-16-26(31)32/h2-11,14,22-23,27H,12-13,15-16H2,1H3,(H,31,32)/t22-,23+,27+/m1/s1. The molecule has 0 aromatic heterocycles. The van der Waals surface area contributed by atoms with E-state index in [-0.39, 0.29) is 17.7 Å². The molecule has 1 fully saturated rings. The first kappa shape index (κ1) is 22.5. The van der Waals surface area contributed by atoms with Gasteiger partial charge in [0.1, 0.15) is 5.75 Å². The third-order valence-corrected chi connectivity index (χ3v) is 7.11. The molecule has 0 saturated heterocycles. The van der Waals surface area contributed by atoms with Crippen LogP contribution in [0.2, 0.25) is 5.02 Å². The van der Waals surface area contributed by atoms with Crippen LogP contribution in [0.3, 0.4) is 0 Å². The predicted octanol–water partition coefficient (Wildman–Crippen LogP) is 5.39. The van der Waals surface area contributed by atoms with E-state index in [4.69, 9.17) is 21.4 Å². The Morgan fingerprint density at radius 3 is 2.53 bits per heavy atom. The van der Waals surface area contributed by atoms with Crippen LogP contribution in [-0.2, 0) is 16.0 Å². The van der Waals surface area contributed by atoms with Gasteiger partial charge in [0.25, 0.3) is 0 Å². The van der Waals surface area contributed by atoms with Gasteiger partial charge in [-0.2, -0.15) is 0 Å². The Labute approximate surface area is 203 Å². The maximum atomic E-state index is 13.9. The van der Waals surface area contributed by atoms with Gasteiger partial charge < -0.3 is 14.7 Å². The summed E-state index contributed by atoms with van der Waals surface area (Å²) in [5, 5.41) is 9.67. The molecule has 3 atom stereocenters. The second-order valence-electron chi connectivity index (χ2n) is 9.05. The van der Waals surface area contributed by atoms with Gasteiger partial charge in [0.05, 0.1) is 6.04 Å². The number of amides is 1. The molecule has 174 valence electrons. The highest BCUT2D eigenvalue weighted by Crippen LogP contribution is 2.51. The largest absolute Gasteiger partial charge is 0.482 e. The fourth-order valence-electron chi connectivity index (χ4n) is 5.17. The van der Waals surface area contributed by atoms with Crippen LogP contribution in [0, 0.1) is 12.8 Å². The van der Waals surface area contributed by atoms with E-state index < -0.39 is 18.6 Å². The van der Waals surface area contributed by atoms with Gasteiger partial charge in [-0.15, -0.1) is 0 Å². The third kappa shape index (κ3) is 4.28. The molecular weight excluding hydrogens is 450 g/mol. The number of halogens is 1. The highest BCUT2D eigenvalue weighted by atomic mass is 35.5. The van der Waals surface area contributed by atoms with Gasteiger partial charge >= 0.3 is 5.97 Å². The van der Waals surface area contributed by atoms with E-state index in [1.54, 1.807) is 18.2 Å². The van der Waals surface area contributed by atoms with Crippen molar-refractivity contribution in [2.24, 2.45) is 5.92 Å². The summed E-state index contributed by atoms with van der Waals surface area (Å²) in [5.41, 5.74) is 5.36. The molecule has 5 rings (SSSR count). The number of rotatable bonds is 6. The van der Waals surface area contributed by atoms with Gasteiger partial charge in [-0.25, -0.2) is 4.79 Å².